The Hall–Kier alpha value is -4.74. The molecule has 5 N–H and O–H groups in total. The van der Waals surface area contributed by atoms with Crippen molar-refractivity contribution in [2.75, 3.05) is 5.73 Å². The summed E-state index contributed by atoms with van der Waals surface area (Å²) in [6.45, 7) is 1.81. The van der Waals surface area contributed by atoms with Crippen LogP contribution in [0.4, 0.5) is 5.82 Å². The minimum absolute atomic E-state index is 0.154. The highest BCUT2D eigenvalue weighted by molar-refractivity contribution is 6.32. The van der Waals surface area contributed by atoms with Crippen LogP contribution in [0.3, 0.4) is 0 Å². The molecule has 1 atom stereocenters. The number of rotatable bonds is 9. The zero-order chi connectivity index (χ0) is 29.2. The molecule has 212 valence electrons. The van der Waals surface area contributed by atoms with Gasteiger partial charge in [-0.25, -0.2) is 4.98 Å². The van der Waals surface area contributed by atoms with Crippen molar-refractivity contribution in [3.8, 4) is 16.9 Å². The third kappa shape index (κ3) is 5.69. The summed E-state index contributed by atoms with van der Waals surface area (Å²) in [5, 5.41) is 23.7. The quantitative estimate of drug-likeness (QED) is 0.178. The molecule has 0 aliphatic carbocycles. The van der Waals surface area contributed by atoms with Crippen molar-refractivity contribution < 1.29 is 4.79 Å². The van der Waals surface area contributed by atoms with E-state index < -0.39 is 6.04 Å². The lowest BCUT2D eigenvalue weighted by Crippen LogP contribution is -2.31. The molecule has 6 rings (SSSR count). The van der Waals surface area contributed by atoms with Crippen molar-refractivity contribution in [3.63, 3.8) is 0 Å². The van der Waals surface area contributed by atoms with Gasteiger partial charge in [0.25, 0.3) is 0 Å². The molecule has 0 aliphatic heterocycles. The van der Waals surface area contributed by atoms with Crippen LogP contribution in [0.5, 0.6) is 0 Å². The maximum absolute atomic E-state index is 13.4. The van der Waals surface area contributed by atoms with Gasteiger partial charge in [0.05, 0.1) is 17.2 Å². The molecule has 13 heteroatoms. The number of benzene rings is 3. The van der Waals surface area contributed by atoms with Crippen molar-refractivity contribution in [1.82, 2.24) is 45.7 Å². The number of aromatic amines is 2. The summed E-state index contributed by atoms with van der Waals surface area (Å²) < 4.78 is 1.63. The maximum Gasteiger partial charge on any atom is 0.220 e. The first-order valence-corrected chi connectivity index (χ1v) is 14.0. The first-order chi connectivity index (χ1) is 20.4. The van der Waals surface area contributed by atoms with E-state index in [1.54, 1.807) is 10.7 Å². The molecular weight excluding hydrogens is 575 g/mol. The van der Waals surface area contributed by atoms with Gasteiger partial charge >= 0.3 is 0 Å². The van der Waals surface area contributed by atoms with Crippen molar-refractivity contribution in [3.05, 3.63) is 99.7 Å². The molecule has 0 saturated carbocycles. The molecule has 42 heavy (non-hydrogen) atoms. The highest BCUT2D eigenvalue weighted by Crippen LogP contribution is 2.31. The minimum Gasteiger partial charge on any atom is -0.382 e. The van der Waals surface area contributed by atoms with Crippen LogP contribution in [-0.2, 0) is 17.6 Å². The van der Waals surface area contributed by atoms with E-state index in [9.17, 15) is 4.79 Å². The fraction of sp³-hybridized carbons (Fsp3) is 0.172. The van der Waals surface area contributed by atoms with Gasteiger partial charge in [0.15, 0.2) is 11.6 Å². The average molecular weight is 602 g/mol. The second-order valence-corrected chi connectivity index (χ2v) is 10.7. The van der Waals surface area contributed by atoms with Crippen LogP contribution < -0.4 is 11.1 Å². The third-order valence-electron chi connectivity index (χ3n) is 7.01. The first-order valence-electron chi connectivity index (χ1n) is 13.2. The van der Waals surface area contributed by atoms with Gasteiger partial charge in [0.1, 0.15) is 16.7 Å². The second-order valence-electron chi connectivity index (χ2n) is 9.87. The second kappa shape index (κ2) is 11.6. The molecule has 6 aromatic rings. The predicted molar refractivity (Wildman–Crippen MR) is 161 cm³/mol. The fourth-order valence-corrected chi connectivity index (χ4v) is 5.35. The van der Waals surface area contributed by atoms with Crippen molar-refractivity contribution >= 4 is 45.8 Å². The normalized spacial score (nSPS) is 12.1. The number of fused-ring (bicyclic) bond motifs is 1. The molecule has 0 bridgehead atoms. The molecule has 0 radical (unpaired) electrons. The van der Waals surface area contributed by atoms with E-state index in [0.717, 1.165) is 33.3 Å². The lowest BCUT2D eigenvalue weighted by Gasteiger charge is -2.17. The number of nitrogens with zero attached hydrogens (tertiary/aromatic N) is 6. The highest BCUT2D eigenvalue weighted by Gasteiger charge is 2.22. The van der Waals surface area contributed by atoms with Crippen molar-refractivity contribution in [2.45, 2.75) is 32.2 Å². The Morgan fingerprint density at radius 3 is 2.71 bits per heavy atom. The summed E-state index contributed by atoms with van der Waals surface area (Å²) in [5.41, 5.74) is 10.7. The molecule has 0 fully saturated rings. The Labute approximate surface area is 250 Å². The number of nitrogens with two attached hydrogens (primary N) is 1. The molecule has 0 aliphatic rings. The summed E-state index contributed by atoms with van der Waals surface area (Å²) in [6.07, 6.45) is 1.15. The van der Waals surface area contributed by atoms with Gasteiger partial charge in [0.2, 0.25) is 5.91 Å². The number of halogens is 2. The molecule has 1 amide bonds. The van der Waals surface area contributed by atoms with Gasteiger partial charge in [-0.1, -0.05) is 59.6 Å². The number of hydrogen-bond acceptors (Lipinski definition) is 7. The Balaban J connectivity index is 1.25. The van der Waals surface area contributed by atoms with Crippen LogP contribution in [0.1, 0.15) is 35.2 Å². The van der Waals surface area contributed by atoms with E-state index in [4.69, 9.17) is 33.9 Å². The Morgan fingerprint density at radius 2 is 1.93 bits per heavy atom. The van der Waals surface area contributed by atoms with E-state index in [1.165, 1.54) is 0 Å². The summed E-state index contributed by atoms with van der Waals surface area (Å²) in [7, 11) is 0. The van der Waals surface area contributed by atoms with Gasteiger partial charge in [0, 0.05) is 22.4 Å². The summed E-state index contributed by atoms with van der Waals surface area (Å²) in [5.74, 6) is 1.45. The molecule has 3 aromatic heterocycles. The Bertz CT molecular complexity index is 1880. The number of aromatic nitrogens is 8. The van der Waals surface area contributed by atoms with Gasteiger partial charge in [-0.3, -0.25) is 9.89 Å². The fourth-order valence-electron chi connectivity index (χ4n) is 4.91. The van der Waals surface area contributed by atoms with E-state index >= 15 is 0 Å². The molecule has 11 nitrogen and oxygen atoms in total. The lowest BCUT2D eigenvalue weighted by molar-refractivity contribution is -0.121. The number of amides is 1. The van der Waals surface area contributed by atoms with Crippen LogP contribution in [0.15, 0.2) is 66.7 Å². The topological polar surface area (TPSA) is 156 Å². The zero-order valence-electron chi connectivity index (χ0n) is 22.5. The van der Waals surface area contributed by atoms with Gasteiger partial charge in [-0.15, -0.1) is 5.10 Å². The summed E-state index contributed by atoms with van der Waals surface area (Å²) in [4.78, 5) is 21.4. The molecule has 0 unspecified atom stereocenters. The van der Waals surface area contributed by atoms with Crippen LogP contribution in [0, 0.1) is 6.92 Å². The molecule has 3 aromatic carbocycles. The number of tetrazole rings is 1. The molecule has 0 saturated heterocycles. The number of imidazole rings is 1. The average Bonchev–Trinajstić information content (AvgIpc) is 3.70. The number of H-pyrrole nitrogens is 2. The summed E-state index contributed by atoms with van der Waals surface area (Å²) >= 11 is 12.9. The van der Waals surface area contributed by atoms with Gasteiger partial charge < -0.3 is 16.0 Å². The zero-order valence-corrected chi connectivity index (χ0v) is 24.0. The number of nitrogens with one attached hydrogen (secondary N) is 3. The number of hydrogen-bond donors (Lipinski definition) is 4. The number of aryl methyl sites for hydroxylation is 2. The van der Waals surface area contributed by atoms with Crippen LogP contribution in [-0.4, -0.2) is 46.3 Å². The standard InChI is InChI=1S/C29H26Cl2N10O/c1-16-36-39-40-41(16)24-11-9-20(30)14-18(24)8-12-25(42)33-23(13-17-5-3-2-4-6-17)29-34-26(27(31)35-29)19-7-10-21-22(15-19)37-38-28(21)32/h2-7,9-11,14-15,23H,8,12-13H2,1H3,(H,33,42)(H,34,35)(H3,32,37,38)/t23-/m0/s1. The third-order valence-corrected chi connectivity index (χ3v) is 7.52. The van der Waals surface area contributed by atoms with E-state index in [2.05, 4.69) is 36.0 Å². The maximum atomic E-state index is 13.4. The summed E-state index contributed by atoms with van der Waals surface area (Å²) in [6, 6.07) is 20.5. The Morgan fingerprint density at radius 1 is 1.10 bits per heavy atom. The molecule has 0 spiro atoms. The van der Waals surface area contributed by atoms with E-state index in [0.29, 0.717) is 46.2 Å². The van der Waals surface area contributed by atoms with Gasteiger partial charge in [-0.2, -0.15) is 9.78 Å². The van der Waals surface area contributed by atoms with Crippen LogP contribution in [0.25, 0.3) is 27.8 Å². The number of nitrogen functional groups attached to an aromatic ring is 1. The van der Waals surface area contributed by atoms with Crippen molar-refractivity contribution in [2.24, 2.45) is 0 Å². The highest BCUT2D eigenvalue weighted by atomic mass is 35.5. The van der Waals surface area contributed by atoms with Crippen LogP contribution >= 0.6 is 23.2 Å². The number of carbonyl (C=O) groups is 1. The SMILES string of the molecule is Cc1nnnn1-c1ccc(Cl)cc1CCC(=O)N[C@@H](Cc1ccccc1)c1nc(-c2ccc3c(N)n[nH]c3c2)c(Cl)[nH]1. The van der Waals surface area contributed by atoms with E-state index in [1.807, 2.05) is 67.6 Å². The van der Waals surface area contributed by atoms with Gasteiger partial charge in [-0.05, 0) is 71.7 Å². The van der Waals surface area contributed by atoms with Crippen LogP contribution in [0.2, 0.25) is 10.2 Å². The first kappa shape index (κ1) is 27.4. The smallest absolute Gasteiger partial charge is 0.220 e. The Kier molecular flexibility index (Phi) is 7.60. The number of anilines is 1. The monoisotopic (exact) mass is 600 g/mol. The largest absolute Gasteiger partial charge is 0.382 e. The lowest BCUT2D eigenvalue weighted by atomic mass is 10.0. The minimum atomic E-state index is -0.460. The van der Waals surface area contributed by atoms with Crippen molar-refractivity contribution in [1.29, 1.82) is 0 Å². The number of carbonyl (C=O) groups excluding carboxylic acids is 1. The molecule has 3 heterocycles. The van der Waals surface area contributed by atoms with E-state index in [-0.39, 0.29) is 12.3 Å². The predicted octanol–water partition coefficient (Wildman–Crippen LogP) is 5.16. The molecular formula is C29H26Cl2N10O.